The van der Waals surface area contributed by atoms with Gasteiger partial charge in [0, 0.05) is 49.0 Å². The number of anilines is 2. The molecule has 5 rings (SSSR count). The van der Waals surface area contributed by atoms with Gasteiger partial charge in [-0.1, -0.05) is 12.0 Å². The minimum Gasteiger partial charge on any atom is -0.475 e. The van der Waals surface area contributed by atoms with Crippen molar-refractivity contribution in [3.8, 4) is 23.5 Å². The van der Waals surface area contributed by atoms with Gasteiger partial charge in [-0.3, -0.25) is 14.7 Å². The second-order valence-corrected chi connectivity index (χ2v) is 13.3. The molecular formula is C34H40N8O4S. The first kappa shape index (κ1) is 34.9. The molecule has 1 N–H and O–H groups in total. The largest absolute Gasteiger partial charge is 0.475 e. The molecule has 47 heavy (non-hydrogen) atoms. The lowest BCUT2D eigenvalue weighted by Gasteiger charge is -2.26. The van der Waals surface area contributed by atoms with Crippen LogP contribution in [0.3, 0.4) is 0 Å². The van der Waals surface area contributed by atoms with Crippen LogP contribution in [0.1, 0.15) is 53.8 Å². The van der Waals surface area contributed by atoms with Gasteiger partial charge in [0.05, 0.1) is 22.8 Å². The zero-order chi connectivity index (χ0) is 34.0. The minimum absolute atomic E-state index is 0.0273. The number of ketones is 1. The Labute approximate surface area is 276 Å². The van der Waals surface area contributed by atoms with Crippen molar-refractivity contribution in [3.63, 3.8) is 0 Å². The third-order valence-electron chi connectivity index (χ3n) is 7.22. The molecular weight excluding hydrogens is 616 g/mol. The summed E-state index contributed by atoms with van der Waals surface area (Å²) in [4.78, 5) is 22.5. The molecule has 12 nitrogen and oxygen atoms in total. The van der Waals surface area contributed by atoms with Gasteiger partial charge < -0.3 is 10.1 Å². The highest BCUT2D eigenvalue weighted by atomic mass is 32.2. The van der Waals surface area contributed by atoms with Gasteiger partial charge in [-0.25, -0.2) is 18.1 Å². The first-order valence-electron chi connectivity index (χ1n) is 15.2. The number of ether oxygens (including phenoxy) is 1. The van der Waals surface area contributed by atoms with Crippen LogP contribution in [-0.2, 0) is 9.84 Å². The number of nitrogens with zero attached hydrogens (tertiary/aromatic N) is 7. The Morgan fingerprint density at radius 2 is 1.83 bits per heavy atom. The molecule has 0 saturated carbocycles. The number of rotatable bonds is 9. The maximum absolute atomic E-state index is 11.7. The Morgan fingerprint density at radius 1 is 1.06 bits per heavy atom. The molecule has 4 heterocycles. The Hall–Kier alpha value is -4.93. The van der Waals surface area contributed by atoms with Crippen molar-refractivity contribution in [3.05, 3.63) is 76.7 Å². The Balaban J connectivity index is 0.000000229. The number of carbonyl (C=O) groups excluding carboxylic acids is 1. The first-order valence-corrected chi connectivity index (χ1v) is 17.0. The van der Waals surface area contributed by atoms with E-state index < -0.39 is 9.84 Å². The van der Waals surface area contributed by atoms with Crippen molar-refractivity contribution < 1.29 is 17.9 Å². The van der Waals surface area contributed by atoms with Gasteiger partial charge in [-0.15, -0.1) is 10.2 Å². The van der Waals surface area contributed by atoms with Gasteiger partial charge >= 0.3 is 0 Å². The number of hydrogen-bond donors (Lipinski definition) is 1. The Morgan fingerprint density at radius 3 is 2.49 bits per heavy atom. The topological polar surface area (TPSA) is 145 Å². The molecule has 1 aliphatic rings. The third kappa shape index (κ3) is 10.0. The monoisotopic (exact) mass is 656 g/mol. The van der Waals surface area contributed by atoms with E-state index in [-0.39, 0.29) is 17.3 Å². The van der Waals surface area contributed by atoms with E-state index in [0.717, 1.165) is 28.3 Å². The van der Waals surface area contributed by atoms with Crippen LogP contribution >= 0.6 is 0 Å². The van der Waals surface area contributed by atoms with Crippen molar-refractivity contribution in [1.82, 2.24) is 29.9 Å². The highest BCUT2D eigenvalue weighted by molar-refractivity contribution is 7.91. The lowest BCUT2D eigenvalue weighted by atomic mass is 10.1. The molecule has 3 aromatic heterocycles. The van der Waals surface area contributed by atoms with E-state index in [9.17, 15) is 13.2 Å². The smallest absolute Gasteiger partial charge is 0.233 e. The van der Waals surface area contributed by atoms with Crippen LogP contribution in [0.2, 0.25) is 0 Å². The fourth-order valence-electron chi connectivity index (χ4n) is 4.69. The lowest BCUT2D eigenvalue weighted by Crippen LogP contribution is -2.42. The summed E-state index contributed by atoms with van der Waals surface area (Å²) in [6.07, 6.45) is 1.76. The molecule has 246 valence electrons. The summed E-state index contributed by atoms with van der Waals surface area (Å²) in [5, 5.41) is 15.8. The number of nitrogens with one attached hydrogen (secondary N) is 1. The van der Waals surface area contributed by atoms with Crippen molar-refractivity contribution in [2.24, 2.45) is 4.99 Å². The Bertz CT molecular complexity index is 1890. The number of benzene rings is 1. The summed E-state index contributed by atoms with van der Waals surface area (Å²) >= 11 is 0. The predicted molar refractivity (Wildman–Crippen MR) is 184 cm³/mol. The van der Waals surface area contributed by atoms with Gasteiger partial charge in [-0.2, -0.15) is 5.10 Å². The zero-order valence-electron chi connectivity index (χ0n) is 27.6. The van der Waals surface area contributed by atoms with E-state index >= 15 is 0 Å². The fourth-order valence-corrected chi connectivity index (χ4v) is 5.96. The van der Waals surface area contributed by atoms with Crippen molar-refractivity contribution in [2.45, 2.75) is 41.5 Å². The number of Topliss-reactive ketones (excluding diaryl/α,β-unsaturated/α-hetero) is 1. The maximum atomic E-state index is 11.7. The molecule has 0 aliphatic carbocycles. The van der Waals surface area contributed by atoms with Crippen LogP contribution in [0, 0.1) is 32.6 Å². The van der Waals surface area contributed by atoms with Crippen LogP contribution in [0.15, 0.2) is 53.5 Å². The average molecular weight is 657 g/mol. The number of aryl methyl sites for hydroxylation is 3. The van der Waals surface area contributed by atoms with Gasteiger partial charge in [-0.05, 0) is 89.4 Å². The molecule has 0 spiro atoms. The van der Waals surface area contributed by atoms with E-state index in [1.54, 1.807) is 36.0 Å². The number of hydrogen-bond acceptors (Lipinski definition) is 11. The molecule has 0 amide bonds. The fraction of sp³-hybridized carbons (Fsp3) is 0.353. The molecule has 1 aromatic carbocycles. The highest BCUT2D eigenvalue weighted by Crippen LogP contribution is 2.25. The van der Waals surface area contributed by atoms with E-state index in [1.807, 2.05) is 58.0 Å². The molecule has 1 aliphatic heterocycles. The van der Waals surface area contributed by atoms with E-state index in [0.29, 0.717) is 55.0 Å². The van der Waals surface area contributed by atoms with Crippen LogP contribution in [-0.4, -0.2) is 88.0 Å². The van der Waals surface area contributed by atoms with Crippen molar-refractivity contribution in [2.75, 3.05) is 43.1 Å². The van der Waals surface area contributed by atoms with Crippen molar-refractivity contribution >= 4 is 39.0 Å². The quantitative estimate of drug-likeness (QED) is 0.151. The van der Waals surface area contributed by atoms with Crippen LogP contribution in [0.25, 0.3) is 5.82 Å². The summed E-state index contributed by atoms with van der Waals surface area (Å²) in [5.74, 6) is 7.75. The van der Waals surface area contributed by atoms with E-state index in [4.69, 9.17) is 4.74 Å². The highest BCUT2D eigenvalue weighted by Gasteiger charge is 2.21. The molecule has 13 heteroatoms. The van der Waals surface area contributed by atoms with Crippen LogP contribution < -0.4 is 10.1 Å². The zero-order valence-corrected chi connectivity index (χ0v) is 28.4. The van der Waals surface area contributed by atoms with Gasteiger partial charge in [0.15, 0.2) is 27.3 Å². The average Bonchev–Trinajstić information content (AvgIpc) is 3.40. The number of sulfone groups is 1. The second-order valence-electron chi connectivity index (χ2n) is 11.0. The molecule has 0 unspecified atom stereocenters. The standard InChI is InChI=1S/C19H25N5O3S.C15H15N3O/c1-3-20-17-14-16(5-4-15(17)2)21-18-6-7-19(23-22-18)27-11-8-24-9-12-28(25,26)13-10-24;1-5-6-13-9-11(3)18(17-13)15-14(12(4)19)8-7-10(2)16-15/h3-7,14H,8-13H2,1-2H3,(H,21,22);7-9H,1-4H3. The third-order valence-corrected chi connectivity index (χ3v) is 8.83. The summed E-state index contributed by atoms with van der Waals surface area (Å²) in [7, 11) is -2.85. The molecule has 1 saturated heterocycles. The minimum atomic E-state index is -2.85. The summed E-state index contributed by atoms with van der Waals surface area (Å²) < 4.78 is 30.2. The lowest BCUT2D eigenvalue weighted by molar-refractivity contribution is 0.101. The molecule has 0 atom stereocenters. The first-order chi connectivity index (χ1) is 22.5. The predicted octanol–water partition coefficient (Wildman–Crippen LogP) is 4.82. The van der Waals surface area contributed by atoms with E-state index in [2.05, 4.69) is 47.3 Å². The van der Waals surface area contributed by atoms with Crippen LogP contribution in [0.5, 0.6) is 5.88 Å². The molecule has 0 radical (unpaired) electrons. The van der Waals surface area contributed by atoms with Gasteiger partial charge in [0.25, 0.3) is 0 Å². The molecule has 0 bridgehead atoms. The number of aromatic nitrogens is 5. The Kier molecular flexibility index (Phi) is 11.9. The molecule has 4 aromatic rings. The number of aliphatic imine (C=N–C) groups is 1. The number of carbonyl (C=O) groups is 1. The van der Waals surface area contributed by atoms with E-state index in [1.165, 1.54) is 6.92 Å². The second kappa shape index (κ2) is 16.1. The van der Waals surface area contributed by atoms with Crippen molar-refractivity contribution in [1.29, 1.82) is 0 Å². The van der Waals surface area contributed by atoms with Gasteiger partial charge in [0.2, 0.25) is 5.88 Å². The SMILES string of the molecule is CC#Cc1cc(C)n(-c2nc(C)ccc2C(C)=O)n1.CC=Nc1cc(Nc2ccc(OCCN3CCS(=O)(=O)CC3)nn2)ccc1C. The van der Waals surface area contributed by atoms with Crippen LogP contribution in [0.4, 0.5) is 17.2 Å². The molecule has 1 fully saturated rings. The maximum Gasteiger partial charge on any atom is 0.233 e. The normalized spacial score (nSPS) is 14.1. The summed E-state index contributed by atoms with van der Waals surface area (Å²) in [5.41, 5.74) is 5.88. The number of pyridine rings is 1. The summed E-state index contributed by atoms with van der Waals surface area (Å²) in [6.45, 7) is 13.2. The summed E-state index contributed by atoms with van der Waals surface area (Å²) in [6, 6.07) is 15.0. The van der Waals surface area contributed by atoms with Gasteiger partial charge in [0.1, 0.15) is 12.3 Å².